The Kier molecular flexibility index (Phi) is 5.68. The molecule has 0 aliphatic carbocycles. The Hall–Kier alpha value is -2.40. The van der Waals surface area contributed by atoms with E-state index in [0.29, 0.717) is 0 Å². The van der Waals surface area contributed by atoms with Crippen molar-refractivity contribution in [3.05, 3.63) is 53.3 Å². The molecule has 1 atom stereocenters. The van der Waals surface area contributed by atoms with Crippen molar-refractivity contribution in [1.29, 1.82) is 0 Å². The third kappa shape index (κ3) is 4.48. The van der Waals surface area contributed by atoms with Crippen molar-refractivity contribution in [3.8, 4) is 5.75 Å². The van der Waals surface area contributed by atoms with E-state index in [1.165, 1.54) is 32.4 Å². The van der Waals surface area contributed by atoms with Crippen LogP contribution in [0.3, 0.4) is 0 Å². The molecule has 142 valence electrons. The van der Waals surface area contributed by atoms with Gasteiger partial charge in [0, 0.05) is 36.0 Å². The summed E-state index contributed by atoms with van der Waals surface area (Å²) < 4.78 is 5.93. The molecule has 27 heavy (non-hydrogen) atoms. The Balaban J connectivity index is 1.33. The highest BCUT2D eigenvalue weighted by atomic mass is 16.5. The van der Waals surface area contributed by atoms with E-state index < -0.39 is 0 Å². The van der Waals surface area contributed by atoms with Gasteiger partial charge in [0.05, 0.1) is 12.0 Å². The van der Waals surface area contributed by atoms with Gasteiger partial charge in [0.25, 0.3) is 0 Å². The van der Waals surface area contributed by atoms with Crippen LogP contribution in [0.4, 0.5) is 5.69 Å². The molecule has 0 amide bonds. The molecule has 2 aromatic rings. The first-order chi connectivity index (χ1) is 13.3. The number of ether oxygens (including phenoxy) is 1. The van der Waals surface area contributed by atoms with Gasteiger partial charge in [-0.1, -0.05) is 6.42 Å². The highest BCUT2D eigenvalue weighted by Gasteiger charge is 2.14. The lowest BCUT2D eigenvalue weighted by molar-refractivity contribution is 0.205. The van der Waals surface area contributed by atoms with Crippen molar-refractivity contribution in [2.45, 2.75) is 38.8 Å². The zero-order valence-electron chi connectivity index (χ0n) is 16.1. The Labute approximate surface area is 161 Å². The molecule has 0 N–H and O–H groups in total. The van der Waals surface area contributed by atoms with E-state index in [4.69, 9.17) is 9.73 Å². The highest BCUT2D eigenvalue weighted by molar-refractivity contribution is 5.60. The van der Waals surface area contributed by atoms with Crippen LogP contribution in [-0.2, 0) is 0 Å². The number of pyridine rings is 1. The van der Waals surface area contributed by atoms with E-state index in [1.54, 1.807) is 6.20 Å². The second-order valence-electron chi connectivity index (χ2n) is 7.33. The minimum Gasteiger partial charge on any atom is -0.494 e. The summed E-state index contributed by atoms with van der Waals surface area (Å²) in [6, 6.07) is 10.3. The number of hydrogen-bond donors (Lipinski definition) is 0. The van der Waals surface area contributed by atoms with Crippen LogP contribution in [0.25, 0.3) is 6.20 Å². The van der Waals surface area contributed by atoms with Crippen LogP contribution in [0.1, 0.15) is 32.6 Å². The van der Waals surface area contributed by atoms with E-state index in [9.17, 15) is 0 Å². The molecular weight excluding hydrogens is 336 g/mol. The van der Waals surface area contributed by atoms with E-state index >= 15 is 0 Å². The Morgan fingerprint density at radius 1 is 1.07 bits per heavy atom. The van der Waals surface area contributed by atoms with Gasteiger partial charge in [-0.05, 0) is 69.6 Å². The van der Waals surface area contributed by atoms with Crippen LogP contribution in [0.5, 0.6) is 5.75 Å². The van der Waals surface area contributed by atoms with E-state index in [-0.39, 0.29) is 6.17 Å². The number of nitrogens with zero attached hydrogens (tertiary/aromatic N) is 4. The largest absolute Gasteiger partial charge is 0.494 e. The summed E-state index contributed by atoms with van der Waals surface area (Å²) in [7, 11) is 0. The van der Waals surface area contributed by atoms with Crippen LogP contribution < -0.4 is 20.2 Å². The number of likely N-dealkylation sites (tertiary alicyclic amines) is 1. The summed E-state index contributed by atoms with van der Waals surface area (Å²) >= 11 is 0. The predicted octanol–water partition coefficient (Wildman–Crippen LogP) is 2.56. The molecule has 5 nitrogen and oxygen atoms in total. The van der Waals surface area contributed by atoms with Crippen LogP contribution in [0.2, 0.25) is 0 Å². The number of piperidine rings is 1. The fourth-order valence-corrected chi connectivity index (χ4v) is 3.80. The smallest absolute Gasteiger partial charge is 0.122 e. The Morgan fingerprint density at radius 2 is 1.89 bits per heavy atom. The first-order valence-electron chi connectivity index (χ1n) is 10.0. The van der Waals surface area contributed by atoms with Gasteiger partial charge in [0.15, 0.2) is 0 Å². The van der Waals surface area contributed by atoms with Crippen molar-refractivity contribution in [2.24, 2.45) is 4.99 Å². The van der Waals surface area contributed by atoms with Gasteiger partial charge < -0.3 is 14.5 Å². The second-order valence-corrected chi connectivity index (χ2v) is 7.33. The van der Waals surface area contributed by atoms with Crippen LogP contribution >= 0.6 is 0 Å². The van der Waals surface area contributed by atoms with Gasteiger partial charge >= 0.3 is 0 Å². The molecule has 4 rings (SSSR count). The average Bonchev–Trinajstić information content (AvgIpc) is 2.72. The number of hydrogen-bond acceptors (Lipinski definition) is 5. The van der Waals surface area contributed by atoms with Crippen LogP contribution in [-0.4, -0.2) is 42.3 Å². The van der Waals surface area contributed by atoms with E-state index in [1.807, 2.05) is 12.3 Å². The SMILES string of the molecule is CC1N=c2ccncc2=CN1c1ccc(OCCCN2CCCCC2)cc1. The third-order valence-corrected chi connectivity index (χ3v) is 5.31. The minimum absolute atomic E-state index is 0.0659. The summed E-state index contributed by atoms with van der Waals surface area (Å²) in [6.45, 7) is 6.53. The fourth-order valence-electron chi connectivity index (χ4n) is 3.80. The molecule has 0 bridgehead atoms. The molecule has 3 heterocycles. The Bertz CT molecular complexity index is 859. The van der Waals surface area contributed by atoms with Crippen molar-refractivity contribution >= 4 is 11.9 Å². The van der Waals surface area contributed by atoms with Gasteiger partial charge in [-0.15, -0.1) is 0 Å². The maximum Gasteiger partial charge on any atom is 0.122 e. The predicted molar refractivity (Wildman–Crippen MR) is 108 cm³/mol. The molecule has 1 saturated heterocycles. The maximum absolute atomic E-state index is 5.93. The molecule has 1 unspecified atom stereocenters. The maximum atomic E-state index is 5.93. The molecule has 1 aromatic carbocycles. The molecule has 2 aliphatic rings. The molecule has 1 fully saturated rings. The third-order valence-electron chi connectivity index (χ3n) is 5.31. The normalized spacial score (nSPS) is 19.7. The van der Waals surface area contributed by atoms with Gasteiger partial charge in [0.1, 0.15) is 11.9 Å². The minimum atomic E-state index is 0.0659. The molecule has 0 spiro atoms. The van der Waals surface area contributed by atoms with E-state index in [2.05, 4.69) is 52.2 Å². The topological polar surface area (TPSA) is 41.0 Å². The lowest BCUT2D eigenvalue weighted by Crippen LogP contribution is -2.40. The zero-order valence-corrected chi connectivity index (χ0v) is 16.1. The summed E-state index contributed by atoms with van der Waals surface area (Å²) in [5.41, 5.74) is 1.11. The Morgan fingerprint density at radius 3 is 2.70 bits per heavy atom. The molecule has 1 aromatic heterocycles. The number of benzene rings is 1. The number of fused-ring (bicyclic) bond motifs is 1. The van der Waals surface area contributed by atoms with E-state index in [0.717, 1.165) is 41.6 Å². The van der Waals surface area contributed by atoms with Crippen LogP contribution in [0.15, 0.2) is 47.7 Å². The second kappa shape index (κ2) is 8.53. The van der Waals surface area contributed by atoms with Gasteiger partial charge in [0.2, 0.25) is 0 Å². The number of anilines is 1. The molecule has 5 heteroatoms. The monoisotopic (exact) mass is 364 g/mol. The molecular formula is C22H28N4O. The lowest BCUT2D eigenvalue weighted by Gasteiger charge is -2.27. The van der Waals surface area contributed by atoms with Crippen molar-refractivity contribution in [1.82, 2.24) is 9.88 Å². The van der Waals surface area contributed by atoms with Crippen molar-refractivity contribution in [3.63, 3.8) is 0 Å². The van der Waals surface area contributed by atoms with Crippen molar-refractivity contribution in [2.75, 3.05) is 31.1 Å². The first-order valence-corrected chi connectivity index (χ1v) is 10.0. The highest BCUT2D eigenvalue weighted by Crippen LogP contribution is 2.23. The van der Waals surface area contributed by atoms with Crippen molar-refractivity contribution < 1.29 is 4.74 Å². The molecule has 0 saturated carbocycles. The quantitative estimate of drug-likeness (QED) is 0.739. The van der Waals surface area contributed by atoms with Gasteiger partial charge in [-0.2, -0.15) is 0 Å². The standard InChI is InChI=1S/C22H28N4O/c1-18-24-22-10-11-23-16-19(22)17-26(18)20-6-8-21(9-7-20)27-15-5-14-25-12-3-2-4-13-25/h6-11,16-18H,2-5,12-15H2,1H3. The molecule has 0 radical (unpaired) electrons. The number of rotatable bonds is 6. The average molecular weight is 364 g/mol. The molecule has 2 aliphatic heterocycles. The summed E-state index contributed by atoms with van der Waals surface area (Å²) in [4.78, 5) is 13.7. The fraction of sp³-hybridized carbons (Fsp3) is 0.455. The first kappa shape index (κ1) is 18.0. The summed E-state index contributed by atoms with van der Waals surface area (Å²) in [6.07, 6.45) is 11.0. The summed E-state index contributed by atoms with van der Waals surface area (Å²) in [5.74, 6) is 0.932. The zero-order chi connectivity index (χ0) is 18.5. The van der Waals surface area contributed by atoms with Gasteiger partial charge in [-0.3, -0.25) is 9.98 Å². The lowest BCUT2D eigenvalue weighted by atomic mass is 10.1. The van der Waals surface area contributed by atoms with Crippen LogP contribution in [0, 0.1) is 0 Å². The summed E-state index contributed by atoms with van der Waals surface area (Å²) in [5, 5.41) is 2.05. The van der Waals surface area contributed by atoms with Gasteiger partial charge in [-0.25, -0.2) is 0 Å². The number of aromatic nitrogens is 1.